The van der Waals surface area contributed by atoms with E-state index in [4.69, 9.17) is 4.74 Å². The van der Waals surface area contributed by atoms with Gasteiger partial charge in [0.2, 0.25) is 0 Å². The van der Waals surface area contributed by atoms with Gasteiger partial charge in [0.1, 0.15) is 0 Å². The summed E-state index contributed by atoms with van der Waals surface area (Å²) >= 11 is 0. The molecule has 1 heterocycles. The van der Waals surface area contributed by atoms with Crippen molar-refractivity contribution in [3.8, 4) is 0 Å². The summed E-state index contributed by atoms with van der Waals surface area (Å²) in [7, 11) is 0. The van der Waals surface area contributed by atoms with Gasteiger partial charge in [0.15, 0.2) is 6.61 Å². The van der Waals surface area contributed by atoms with Gasteiger partial charge in [0, 0.05) is 12.0 Å². The number of nitrogens with one attached hydrogen (secondary N) is 1. The van der Waals surface area contributed by atoms with E-state index in [0.717, 1.165) is 16.8 Å². The van der Waals surface area contributed by atoms with Gasteiger partial charge in [-0.25, -0.2) is 9.80 Å². The summed E-state index contributed by atoms with van der Waals surface area (Å²) in [5.41, 5.74) is 3.69. The zero-order chi connectivity index (χ0) is 23.2. The smallest absolute Gasteiger partial charge is 0.340 e. The minimum absolute atomic E-state index is 0.168. The summed E-state index contributed by atoms with van der Waals surface area (Å²) in [6.07, 6.45) is 0.636. The Hall–Kier alpha value is -4.26. The number of carbonyl (C=O) groups excluding carboxylic acids is 3. The number of anilines is 1. The van der Waals surface area contributed by atoms with Crippen molar-refractivity contribution in [3.05, 3.63) is 101 Å². The number of esters is 1. The molecule has 0 bridgehead atoms. The summed E-state index contributed by atoms with van der Waals surface area (Å²) in [4.78, 5) is 37.8. The Morgan fingerprint density at radius 2 is 1.73 bits per heavy atom. The Kier molecular flexibility index (Phi) is 6.59. The van der Waals surface area contributed by atoms with Crippen LogP contribution in [0.2, 0.25) is 0 Å². The highest BCUT2D eigenvalue weighted by molar-refractivity contribution is 6.08. The third-order valence-corrected chi connectivity index (χ3v) is 5.20. The SMILES string of the molecule is Cc1cccc(C(=O)Nc2ccccc2C(=O)OCC(=O)N2CCC(c3ccccc3)=N2)c1. The second-order valence-electron chi connectivity index (χ2n) is 7.62. The van der Waals surface area contributed by atoms with Crippen LogP contribution >= 0.6 is 0 Å². The molecule has 0 radical (unpaired) electrons. The molecule has 0 saturated carbocycles. The fourth-order valence-electron chi connectivity index (χ4n) is 3.50. The molecular formula is C26H23N3O4. The molecule has 2 amide bonds. The minimum atomic E-state index is -0.699. The first-order chi connectivity index (χ1) is 16.0. The number of benzene rings is 3. The zero-order valence-electron chi connectivity index (χ0n) is 18.2. The predicted molar refractivity (Wildman–Crippen MR) is 125 cm³/mol. The molecule has 3 aromatic carbocycles. The first-order valence-corrected chi connectivity index (χ1v) is 10.6. The number of carbonyl (C=O) groups is 3. The van der Waals surface area contributed by atoms with Crippen molar-refractivity contribution in [2.45, 2.75) is 13.3 Å². The second kappa shape index (κ2) is 9.91. The van der Waals surface area contributed by atoms with Crippen LogP contribution < -0.4 is 5.32 Å². The van der Waals surface area contributed by atoms with E-state index < -0.39 is 18.5 Å². The van der Waals surface area contributed by atoms with Crippen molar-refractivity contribution < 1.29 is 19.1 Å². The first-order valence-electron chi connectivity index (χ1n) is 10.6. The van der Waals surface area contributed by atoms with Crippen LogP contribution in [0.4, 0.5) is 5.69 Å². The lowest BCUT2D eigenvalue weighted by atomic mass is 10.1. The van der Waals surface area contributed by atoms with Crippen molar-refractivity contribution >= 4 is 29.2 Å². The molecule has 166 valence electrons. The van der Waals surface area contributed by atoms with E-state index in [1.54, 1.807) is 42.5 Å². The highest BCUT2D eigenvalue weighted by Gasteiger charge is 2.23. The molecular weight excluding hydrogens is 418 g/mol. The molecule has 0 fully saturated rings. The minimum Gasteiger partial charge on any atom is -0.452 e. The number of hydrazone groups is 1. The largest absolute Gasteiger partial charge is 0.452 e. The average Bonchev–Trinajstić information content (AvgIpc) is 3.34. The van der Waals surface area contributed by atoms with Crippen molar-refractivity contribution in [1.82, 2.24) is 5.01 Å². The fraction of sp³-hybridized carbons (Fsp3) is 0.154. The summed E-state index contributed by atoms with van der Waals surface area (Å²) in [5.74, 6) is -1.44. The number of nitrogens with zero attached hydrogens (tertiary/aromatic N) is 2. The fourth-order valence-corrected chi connectivity index (χ4v) is 3.50. The third-order valence-electron chi connectivity index (χ3n) is 5.20. The Balaban J connectivity index is 1.39. The summed E-state index contributed by atoms with van der Waals surface area (Å²) in [5, 5.41) is 8.42. The zero-order valence-corrected chi connectivity index (χ0v) is 18.2. The molecule has 0 atom stereocenters. The van der Waals surface area contributed by atoms with Gasteiger partial charge in [-0.3, -0.25) is 9.59 Å². The van der Waals surface area contributed by atoms with E-state index in [0.29, 0.717) is 24.2 Å². The number of aryl methyl sites for hydroxylation is 1. The van der Waals surface area contributed by atoms with E-state index in [1.165, 1.54) is 5.01 Å². The van der Waals surface area contributed by atoms with Gasteiger partial charge >= 0.3 is 5.97 Å². The quantitative estimate of drug-likeness (QED) is 0.585. The molecule has 1 N–H and O–H groups in total. The number of hydrogen-bond donors (Lipinski definition) is 1. The van der Waals surface area contributed by atoms with Crippen molar-refractivity contribution in [2.24, 2.45) is 5.10 Å². The molecule has 0 spiro atoms. The molecule has 1 aliphatic heterocycles. The third kappa shape index (κ3) is 5.33. The molecule has 33 heavy (non-hydrogen) atoms. The van der Waals surface area contributed by atoms with E-state index in [2.05, 4.69) is 10.4 Å². The standard InChI is InChI=1S/C26H23N3O4/c1-18-8-7-11-20(16-18)25(31)27-23-13-6-5-12-21(23)26(32)33-17-24(30)29-15-14-22(28-29)19-9-3-2-4-10-19/h2-13,16H,14-15,17H2,1H3,(H,27,31). The Morgan fingerprint density at radius 3 is 2.52 bits per heavy atom. The number of rotatable bonds is 6. The van der Waals surface area contributed by atoms with E-state index >= 15 is 0 Å². The van der Waals surface area contributed by atoms with Gasteiger partial charge in [-0.1, -0.05) is 60.2 Å². The van der Waals surface area contributed by atoms with Crippen LogP contribution in [0.5, 0.6) is 0 Å². The van der Waals surface area contributed by atoms with Crippen molar-refractivity contribution in [2.75, 3.05) is 18.5 Å². The van der Waals surface area contributed by atoms with Gasteiger partial charge in [-0.15, -0.1) is 0 Å². The van der Waals surface area contributed by atoms with Gasteiger partial charge in [-0.2, -0.15) is 5.10 Å². The molecule has 4 rings (SSSR count). The van der Waals surface area contributed by atoms with Crippen LogP contribution in [-0.2, 0) is 9.53 Å². The molecule has 7 nitrogen and oxygen atoms in total. The number of hydrogen-bond acceptors (Lipinski definition) is 5. The molecule has 1 aliphatic rings. The molecule has 0 aliphatic carbocycles. The van der Waals surface area contributed by atoms with Crippen molar-refractivity contribution in [1.29, 1.82) is 0 Å². The molecule has 3 aromatic rings. The first kappa shape index (κ1) is 22.0. The van der Waals surface area contributed by atoms with E-state index in [9.17, 15) is 14.4 Å². The maximum atomic E-state index is 12.7. The lowest BCUT2D eigenvalue weighted by Gasteiger charge is -2.13. The van der Waals surface area contributed by atoms with Crippen LogP contribution in [0.1, 0.15) is 38.3 Å². The second-order valence-corrected chi connectivity index (χ2v) is 7.62. The van der Waals surface area contributed by atoms with Gasteiger partial charge in [0.25, 0.3) is 11.8 Å². The van der Waals surface area contributed by atoms with Gasteiger partial charge in [0.05, 0.1) is 23.5 Å². The topological polar surface area (TPSA) is 88.1 Å². The van der Waals surface area contributed by atoms with Crippen molar-refractivity contribution in [3.63, 3.8) is 0 Å². The van der Waals surface area contributed by atoms with Gasteiger partial charge < -0.3 is 10.1 Å². The Bertz CT molecular complexity index is 1220. The Labute approximate surface area is 191 Å². The number of ether oxygens (including phenoxy) is 1. The lowest BCUT2D eigenvalue weighted by molar-refractivity contribution is -0.134. The van der Waals surface area contributed by atoms with E-state index in [1.807, 2.05) is 43.3 Å². The maximum Gasteiger partial charge on any atom is 0.340 e. The normalized spacial score (nSPS) is 12.8. The van der Waals surface area contributed by atoms with E-state index in [-0.39, 0.29) is 11.5 Å². The highest BCUT2D eigenvalue weighted by atomic mass is 16.5. The highest BCUT2D eigenvalue weighted by Crippen LogP contribution is 2.19. The molecule has 7 heteroatoms. The predicted octanol–water partition coefficient (Wildman–Crippen LogP) is 4.04. The summed E-state index contributed by atoms with van der Waals surface area (Å²) in [6, 6.07) is 23.3. The average molecular weight is 441 g/mol. The van der Waals surface area contributed by atoms with Crippen LogP contribution in [0.25, 0.3) is 0 Å². The summed E-state index contributed by atoms with van der Waals surface area (Å²) in [6.45, 7) is 1.89. The van der Waals surface area contributed by atoms with Gasteiger partial charge in [-0.05, 0) is 36.8 Å². The van der Waals surface area contributed by atoms with Crippen LogP contribution in [-0.4, -0.2) is 41.7 Å². The monoisotopic (exact) mass is 441 g/mol. The summed E-state index contributed by atoms with van der Waals surface area (Å²) < 4.78 is 5.24. The molecule has 0 unspecified atom stereocenters. The number of para-hydroxylation sites is 1. The maximum absolute atomic E-state index is 12.7. The molecule has 0 aromatic heterocycles. The van der Waals surface area contributed by atoms with Crippen LogP contribution in [0.3, 0.4) is 0 Å². The molecule has 0 saturated heterocycles. The number of amides is 2. The van der Waals surface area contributed by atoms with Crippen LogP contribution in [0, 0.1) is 6.92 Å². The van der Waals surface area contributed by atoms with Crippen LogP contribution in [0.15, 0.2) is 84.0 Å². The Morgan fingerprint density at radius 1 is 0.970 bits per heavy atom. The lowest BCUT2D eigenvalue weighted by Crippen LogP contribution is -2.29.